The molecule has 3 unspecified atom stereocenters. The van der Waals surface area contributed by atoms with Crippen LogP contribution in [0.5, 0.6) is 5.75 Å². The van der Waals surface area contributed by atoms with Crippen LogP contribution >= 0.6 is 0 Å². The number of rotatable bonds is 2. The zero-order chi connectivity index (χ0) is 18.5. The summed E-state index contributed by atoms with van der Waals surface area (Å²) in [7, 11) is 3.44. The van der Waals surface area contributed by atoms with Gasteiger partial charge in [-0.15, -0.1) is 0 Å². The Kier molecular flexibility index (Phi) is 3.64. The number of amides is 3. The number of hydrogen-bond acceptors (Lipinski definition) is 3. The molecule has 6 heteroatoms. The van der Waals surface area contributed by atoms with E-state index in [-0.39, 0.29) is 11.9 Å². The maximum atomic E-state index is 13.1. The van der Waals surface area contributed by atoms with Crippen LogP contribution in [0.1, 0.15) is 18.5 Å². The summed E-state index contributed by atoms with van der Waals surface area (Å²) in [4.78, 5) is 29.1. The summed E-state index contributed by atoms with van der Waals surface area (Å²) in [5.74, 6) is 0.0157. The van der Waals surface area contributed by atoms with E-state index in [0.29, 0.717) is 11.4 Å². The average Bonchev–Trinajstić information content (AvgIpc) is 2.61. The molecule has 2 aliphatic heterocycles. The maximum absolute atomic E-state index is 13.1. The van der Waals surface area contributed by atoms with Crippen LogP contribution < -0.4 is 15.0 Å². The van der Waals surface area contributed by atoms with Gasteiger partial charge in [0.1, 0.15) is 11.7 Å². The van der Waals surface area contributed by atoms with Crippen LogP contribution in [0.2, 0.25) is 0 Å². The van der Waals surface area contributed by atoms with Crippen LogP contribution in [0.4, 0.5) is 10.5 Å². The van der Waals surface area contributed by atoms with Crippen molar-refractivity contribution in [1.29, 1.82) is 0 Å². The Balaban J connectivity index is 1.92. The molecule has 2 aromatic carbocycles. The molecule has 1 fully saturated rings. The van der Waals surface area contributed by atoms with Gasteiger partial charge in [0.15, 0.2) is 0 Å². The molecule has 2 aliphatic rings. The van der Waals surface area contributed by atoms with Crippen molar-refractivity contribution in [2.24, 2.45) is 5.92 Å². The number of ether oxygens (including phenoxy) is 1. The number of urea groups is 1. The topological polar surface area (TPSA) is 61.9 Å². The van der Waals surface area contributed by atoms with Gasteiger partial charge in [-0.05, 0) is 25.1 Å². The number of benzene rings is 2. The molecular formula is C20H21N3O3. The van der Waals surface area contributed by atoms with E-state index in [9.17, 15) is 9.59 Å². The van der Waals surface area contributed by atoms with Crippen LogP contribution in [0.25, 0.3) is 0 Å². The number of carbonyl (C=O) groups is 2. The number of nitrogens with one attached hydrogen (secondary N) is 1. The number of anilines is 1. The number of hydrogen-bond donors (Lipinski definition) is 1. The highest BCUT2D eigenvalue weighted by molar-refractivity contribution is 5.98. The molecule has 0 aliphatic carbocycles. The Morgan fingerprint density at radius 2 is 1.77 bits per heavy atom. The number of fused-ring (bicyclic) bond motifs is 4. The van der Waals surface area contributed by atoms with Crippen molar-refractivity contribution in [1.82, 2.24) is 10.2 Å². The van der Waals surface area contributed by atoms with Crippen LogP contribution in [-0.4, -0.2) is 36.7 Å². The molecule has 3 atom stereocenters. The Morgan fingerprint density at radius 1 is 1.12 bits per heavy atom. The summed E-state index contributed by atoms with van der Waals surface area (Å²) < 4.78 is 6.33. The van der Waals surface area contributed by atoms with E-state index in [1.165, 1.54) is 0 Å². The van der Waals surface area contributed by atoms with Crippen LogP contribution in [0.15, 0.2) is 54.6 Å². The number of carbonyl (C=O) groups excluding carboxylic acids is 2. The Hall–Kier alpha value is -3.02. The molecule has 6 nitrogen and oxygen atoms in total. The largest absolute Gasteiger partial charge is 0.466 e. The fraction of sp³-hybridized carbons (Fsp3) is 0.300. The average molecular weight is 351 g/mol. The van der Waals surface area contributed by atoms with Crippen molar-refractivity contribution in [2.45, 2.75) is 18.7 Å². The van der Waals surface area contributed by atoms with Gasteiger partial charge in [0.05, 0.1) is 6.04 Å². The molecule has 1 saturated heterocycles. The fourth-order valence-corrected chi connectivity index (χ4v) is 3.95. The molecule has 0 radical (unpaired) electrons. The molecule has 0 aromatic heterocycles. The molecule has 26 heavy (non-hydrogen) atoms. The van der Waals surface area contributed by atoms with Crippen LogP contribution in [-0.2, 0) is 4.79 Å². The van der Waals surface area contributed by atoms with Gasteiger partial charge < -0.3 is 15.0 Å². The van der Waals surface area contributed by atoms with E-state index in [0.717, 1.165) is 5.56 Å². The SMILES string of the molecule is CN(C)C(=O)C1C2NC(=O)N(c3ccccc3)C1(C)Oc1ccccc12. The maximum Gasteiger partial charge on any atom is 0.325 e. The van der Waals surface area contributed by atoms with Gasteiger partial charge in [0, 0.05) is 25.3 Å². The zero-order valence-electron chi connectivity index (χ0n) is 15.0. The van der Waals surface area contributed by atoms with Gasteiger partial charge in [-0.1, -0.05) is 36.4 Å². The highest BCUT2D eigenvalue weighted by Gasteiger charge is 2.60. The first-order chi connectivity index (χ1) is 12.4. The fourth-order valence-electron chi connectivity index (χ4n) is 3.95. The van der Waals surface area contributed by atoms with E-state index in [4.69, 9.17) is 4.74 Å². The minimum atomic E-state index is -1.13. The third-order valence-electron chi connectivity index (χ3n) is 5.13. The number of para-hydroxylation sites is 2. The summed E-state index contributed by atoms with van der Waals surface area (Å²) >= 11 is 0. The van der Waals surface area contributed by atoms with Gasteiger partial charge in [-0.2, -0.15) is 0 Å². The van der Waals surface area contributed by atoms with Gasteiger partial charge in [-0.3, -0.25) is 9.69 Å². The number of nitrogens with zero attached hydrogens (tertiary/aromatic N) is 2. The first-order valence-corrected chi connectivity index (χ1v) is 8.58. The predicted octanol–water partition coefficient (Wildman–Crippen LogP) is 2.77. The summed E-state index contributed by atoms with van der Waals surface area (Å²) in [6, 6.07) is 16.1. The van der Waals surface area contributed by atoms with E-state index in [1.807, 2.05) is 61.5 Å². The smallest absolute Gasteiger partial charge is 0.325 e. The zero-order valence-corrected chi connectivity index (χ0v) is 15.0. The lowest BCUT2D eigenvalue weighted by Crippen LogP contribution is -2.72. The molecular weight excluding hydrogens is 330 g/mol. The second-order valence-corrected chi connectivity index (χ2v) is 7.00. The third-order valence-corrected chi connectivity index (χ3v) is 5.13. The lowest BCUT2D eigenvalue weighted by molar-refractivity contribution is -0.144. The monoisotopic (exact) mass is 351 g/mol. The van der Waals surface area contributed by atoms with Crippen molar-refractivity contribution in [3.63, 3.8) is 0 Å². The molecule has 2 heterocycles. The first kappa shape index (κ1) is 16.4. The van der Waals surface area contributed by atoms with Crippen molar-refractivity contribution in [3.05, 3.63) is 60.2 Å². The van der Waals surface area contributed by atoms with E-state index in [2.05, 4.69) is 5.32 Å². The minimum absolute atomic E-state index is 0.0899. The second kappa shape index (κ2) is 5.76. The van der Waals surface area contributed by atoms with E-state index < -0.39 is 17.7 Å². The summed E-state index contributed by atoms with van der Waals surface area (Å²) in [5.41, 5.74) is 0.373. The highest BCUT2D eigenvalue weighted by Crippen LogP contribution is 2.49. The Labute approximate surface area is 152 Å². The molecule has 2 aromatic rings. The first-order valence-electron chi connectivity index (χ1n) is 8.58. The van der Waals surface area contributed by atoms with Crippen molar-refractivity contribution in [2.75, 3.05) is 19.0 Å². The summed E-state index contributed by atoms with van der Waals surface area (Å²) in [5, 5.41) is 3.02. The summed E-state index contributed by atoms with van der Waals surface area (Å²) in [6.07, 6.45) is 0. The Bertz CT molecular complexity index is 868. The normalized spacial score (nSPS) is 26.4. The lowest BCUT2D eigenvalue weighted by Gasteiger charge is -2.55. The van der Waals surface area contributed by atoms with Crippen LogP contribution in [0.3, 0.4) is 0 Å². The van der Waals surface area contributed by atoms with Gasteiger partial charge in [0.25, 0.3) is 0 Å². The molecule has 1 N–H and O–H groups in total. The van der Waals surface area contributed by atoms with E-state index in [1.54, 1.807) is 23.9 Å². The predicted molar refractivity (Wildman–Crippen MR) is 97.9 cm³/mol. The van der Waals surface area contributed by atoms with Crippen molar-refractivity contribution < 1.29 is 14.3 Å². The molecule has 134 valence electrons. The van der Waals surface area contributed by atoms with Crippen molar-refractivity contribution >= 4 is 17.6 Å². The summed E-state index contributed by atoms with van der Waals surface area (Å²) in [6.45, 7) is 1.81. The minimum Gasteiger partial charge on any atom is -0.466 e. The molecule has 4 rings (SSSR count). The highest BCUT2D eigenvalue weighted by atomic mass is 16.5. The lowest BCUT2D eigenvalue weighted by atomic mass is 9.78. The molecule has 0 saturated carbocycles. The third kappa shape index (κ3) is 2.25. The molecule has 2 bridgehead atoms. The van der Waals surface area contributed by atoms with Gasteiger partial charge >= 0.3 is 6.03 Å². The second-order valence-electron chi connectivity index (χ2n) is 7.00. The van der Waals surface area contributed by atoms with Crippen molar-refractivity contribution in [3.8, 4) is 5.75 Å². The quantitative estimate of drug-likeness (QED) is 0.905. The molecule has 0 spiro atoms. The standard InChI is InChI=1S/C20H21N3O3/c1-20-16(18(24)22(2)3)17(14-11-7-8-12-15(14)26-20)21-19(25)23(20)13-9-5-4-6-10-13/h4-12,16-17H,1-3H3,(H,21,25). The molecule has 3 amide bonds. The van der Waals surface area contributed by atoms with Crippen LogP contribution in [0, 0.1) is 5.92 Å². The van der Waals surface area contributed by atoms with E-state index >= 15 is 0 Å². The Morgan fingerprint density at radius 3 is 2.46 bits per heavy atom. The van der Waals surface area contributed by atoms with Gasteiger partial charge in [-0.25, -0.2) is 4.79 Å². The van der Waals surface area contributed by atoms with Gasteiger partial charge in [0.2, 0.25) is 11.6 Å².